The first-order valence-electron chi connectivity index (χ1n) is 10.1. The van der Waals surface area contributed by atoms with E-state index >= 15 is 0 Å². The van der Waals surface area contributed by atoms with Crippen molar-refractivity contribution >= 4 is 34.4 Å². The van der Waals surface area contributed by atoms with Crippen LogP contribution in [0.15, 0.2) is 40.3 Å². The van der Waals surface area contributed by atoms with Gasteiger partial charge in [0.15, 0.2) is 0 Å². The molecule has 27 heavy (non-hydrogen) atoms. The molecule has 2 aromatic rings. The summed E-state index contributed by atoms with van der Waals surface area (Å²) in [4.78, 5) is 0. The third-order valence-electron chi connectivity index (χ3n) is 7.31. The second-order valence-electron chi connectivity index (χ2n) is 8.45. The highest BCUT2D eigenvalue weighted by Gasteiger charge is 2.58. The van der Waals surface area contributed by atoms with Crippen LogP contribution in [0.5, 0.6) is 0 Å². The summed E-state index contributed by atoms with van der Waals surface area (Å²) in [6, 6.07) is 8.55. The first-order valence-corrected chi connectivity index (χ1v) is 12.5. The number of thioether (sulfide) groups is 2. The number of fused-ring (bicyclic) bond motifs is 2. The first-order chi connectivity index (χ1) is 13.0. The van der Waals surface area contributed by atoms with Gasteiger partial charge >= 0.3 is 0 Å². The average Bonchev–Trinajstić information content (AvgIpc) is 3.02. The van der Waals surface area contributed by atoms with E-state index in [2.05, 4.69) is 61.5 Å². The summed E-state index contributed by atoms with van der Waals surface area (Å²) >= 11 is 3.60. The largest absolute Gasteiger partial charge is 0.380 e. The van der Waals surface area contributed by atoms with Crippen molar-refractivity contribution in [3.63, 3.8) is 0 Å². The van der Waals surface area contributed by atoms with Crippen LogP contribution in [0.2, 0.25) is 0 Å². The first kappa shape index (κ1) is 19.5. The molecule has 1 heterocycles. The SMILES string of the molecule is CSC(SC)=C1CC[C@H]2CCCC[C@]2(C)[C@]1(O)c1cn(C)c2ccccc12. The molecule has 3 atom stereocenters. The summed E-state index contributed by atoms with van der Waals surface area (Å²) in [7, 11) is 2.10. The van der Waals surface area contributed by atoms with Crippen molar-refractivity contribution in [1.82, 2.24) is 4.57 Å². The molecular weight excluding hydrogens is 370 g/mol. The van der Waals surface area contributed by atoms with Crippen molar-refractivity contribution in [2.45, 2.75) is 51.0 Å². The van der Waals surface area contributed by atoms with E-state index in [1.54, 1.807) is 23.5 Å². The van der Waals surface area contributed by atoms with Gasteiger partial charge in [0, 0.05) is 39.4 Å². The Balaban J connectivity index is 2.04. The number of aryl methyl sites for hydroxylation is 1. The molecule has 0 unspecified atom stereocenters. The Labute approximate surface area is 171 Å². The Morgan fingerprint density at radius 1 is 1.15 bits per heavy atom. The zero-order valence-corrected chi connectivity index (χ0v) is 18.6. The van der Waals surface area contributed by atoms with E-state index in [0.29, 0.717) is 5.92 Å². The topological polar surface area (TPSA) is 25.2 Å². The van der Waals surface area contributed by atoms with Crippen molar-refractivity contribution in [1.29, 1.82) is 0 Å². The van der Waals surface area contributed by atoms with Crippen LogP contribution in [0.25, 0.3) is 10.9 Å². The molecule has 0 saturated heterocycles. The van der Waals surface area contributed by atoms with Crippen molar-refractivity contribution < 1.29 is 5.11 Å². The Bertz CT molecular complexity index is 880. The molecule has 1 aromatic heterocycles. The van der Waals surface area contributed by atoms with Gasteiger partial charge in [0.05, 0.1) is 0 Å². The maximum Gasteiger partial charge on any atom is 0.120 e. The zero-order valence-electron chi connectivity index (χ0n) is 16.9. The fourth-order valence-corrected chi connectivity index (χ4v) is 7.53. The second-order valence-corrected chi connectivity index (χ2v) is 10.3. The van der Waals surface area contributed by atoms with Gasteiger partial charge in [-0.05, 0) is 55.8 Å². The molecular formula is C23H31NOS2. The van der Waals surface area contributed by atoms with Crippen LogP contribution < -0.4 is 0 Å². The molecule has 2 aliphatic carbocycles. The van der Waals surface area contributed by atoms with Gasteiger partial charge in [0.25, 0.3) is 0 Å². The number of rotatable bonds is 3. The number of hydrogen-bond acceptors (Lipinski definition) is 3. The number of hydrogen-bond donors (Lipinski definition) is 1. The van der Waals surface area contributed by atoms with Gasteiger partial charge in [0.1, 0.15) is 5.60 Å². The fourth-order valence-electron chi connectivity index (χ4n) is 5.87. The molecule has 1 aromatic carbocycles. The summed E-state index contributed by atoms with van der Waals surface area (Å²) in [6.45, 7) is 2.37. The van der Waals surface area contributed by atoms with Gasteiger partial charge in [-0.3, -0.25) is 0 Å². The van der Waals surface area contributed by atoms with Crippen molar-refractivity contribution in [3.05, 3.63) is 45.8 Å². The molecule has 0 spiro atoms. The lowest BCUT2D eigenvalue weighted by Gasteiger charge is -2.57. The normalized spacial score (nSPS) is 31.1. The molecule has 1 N–H and O–H groups in total. The van der Waals surface area contributed by atoms with Gasteiger partial charge in [-0.2, -0.15) is 0 Å². The molecule has 4 rings (SSSR count). The summed E-state index contributed by atoms with van der Waals surface area (Å²) in [6.07, 6.45) is 13.6. The Hall–Kier alpha value is -0.840. The number of nitrogens with zero attached hydrogens (tertiary/aromatic N) is 1. The van der Waals surface area contributed by atoms with Gasteiger partial charge in [0.2, 0.25) is 0 Å². The average molecular weight is 402 g/mol. The third-order valence-corrected chi connectivity index (χ3v) is 9.54. The van der Waals surface area contributed by atoms with E-state index in [4.69, 9.17) is 0 Å². The van der Waals surface area contributed by atoms with E-state index in [1.165, 1.54) is 46.4 Å². The van der Waals surface area contributed by atoms with Crippen molar-refractivity contribution in [2.24, 2.45) is 18.4 Å². The van der Waals surface area contributed by atoms with Crippen LogP contribution in [0.3, 0.4) is 0 Å². The highest BCUT2D eigenvalue weighted by molar-refractivity contribution is 8.21. The highest BCUT2D eigenvalue weighted by atomic mass is 32.2. The number of benzene rings is 1. The van der Waals surface area contributed by atoms with Gasteiger partial charge in [-0.25, -0.2) is 0 Å². The molecule has 2 fully saturated rings. The molecule has 4 heteroatoms. The fraction of sp³-hybridized carbons (Fsp3) is 0.565. The number of para-hydroxylation sites is 1. The smallest absolute Gasteiger partial charge is 0.120 e. The lowest BCUT2D eigenvalue weighted by Crippen LogP contribution is -2.54. The maximum absolute atomic E-state index is 12.7. The molecule has 0 radical (unpaired) electrons. The Kier molecular flexibility index (Phi) is 5.19. The summed E-state index contributed by atoms with van der Waals surface area (Å²) in [5, 5.41) is 13.9. The van der Waals surface area contributed by atoms with E-state index in [0.717, 1.165) is 18.4 Å². The minimum atomic E-state index is -0.890. The molecule has 2 saturated carbocycles. The molecule has 0 bridgehead atoms. The molecule has 0 amide bonds. The van der Waals surface area contributed by atoms with Crippen molar-refractivity contribution in [3.8, 4) is 0 Å². The molecule has 0 aliphatic heterocycles. The van der Waals surface area contributed by atoms with Crippen LogP contribution in [0, 0.1) is 11.3 Å². The van der Waals surface area contributed by atoms with Crippen LogP contribution in [0.1, 0.15) is 51.0 Å². The predicted molar refractivity (Wildman–Crippen MR) is 120 cm³/mol. The summed E-state index contributed by atoms with van der Waals surface area (Å²) < 4.78 is 3.49. The highest BCUT2D eigenvalue weighted by Crippen LogP contribution is 2.63. The summed E-state index contributed by atoms with van der Waals surface area (Å²) in [5.74, 6) is 0.601. The van der Waals surface area contributed by atoms with Crippen LogP contribution in [0.4, 0.5) is 0 Å². The predicted octanol–water partition coefficient (Wildman–Crippen LogP) is 6.29. The quantitative estimate of drug-likeness (QED) is 0.654. The number of aliphatic hydroxyl groups is 1. The van der Waals surface area contributed by atoms with Crippen molar-refractivity contribution in [2.75, 3.05) is 12.5 Å². The monoisotopic (exact) mass is 401 g/mol. The van der Waals surface area contributed by atoms with E-state index in [9.17, 15) is 5.11 Å². The molecule has 2 aliphatic rings. The lowest BCUT2D eigenvalue weighted by molar-refractivity contribution is -0.123. The second kappa shape index (κ2) is 7.20. The van der Waals surface area contributed by atoms with Crippen LogP contribution in [-0.2, 0) is 12.6 Å². The minimum absolute atomic E-state index is 0.0976. The Morgan fingerprint density at radius 2 is 1.89 bits per heavy atom. The van der Waals surface area contributed by atoms with Crippen LogP contribution in [-0.4, -0.2) is 22.2 Å². The molecule has 146 valence electrons. The number of aromatic nitrogens is 1. The summed E-state index contributed by atoms with van der Waals surface area (Å²) in [5.41, 5.74) is 2.60. The van der Waals surface area contributed by atoms with Crippen LogP contribution >= 0.6 is 23.5 Å². The van der Waals surface area contributed by atoms with E-state index in [-0.39, 0.29) is 5.41 Å². The van der Waals surface area contributed by atoms with Gasteiger partial charge < -0.3 is 9.67 Å². The van der Waals surface area contributed by atoms with E-state index < -0.39 is 5.60 Å². The minimum Gasteiger partial charge on any atom is -0.380 e. The van der Waals surface area contributed by atoms with Gasteiger partial charge in [-0.15, -0.1) is 23.5 Å². The third kappa shape index (κ3) is 2.74. The standard InChI is InChI=1S/C23H31NOS2/c1-22-14-8-7-9-16(22)12-13-18(21(26-3)27-4)23(22,25)19-15-24(2)20-11-6-5-10-17(19)20/h5-6,10-11,15-16,25H,7-9,12-14H2,1-4H3/t16-,22+,23-/m1/s1. The van der Waals surface area contributed by atoms with Gasteiger partial charge in [-0.1, -0.05) is 38.0 Å². The maximum atomic E-state index is 12.7. The lowest BCUT2D eigenvalue weighted by atomic mass is 9.50. The molecule has 2 nitrogen and oxygen atoms in total. The van der Waals surface area contributed by atoms with E-state index in [1.807, 2.05) is 0 Å². The Morgan fingerprint density at radius 3 is 2.63 bits per heavy atom. The zero-order chi connectivity index (χ0) is 19.2.